The number of carbonyl (C=O) groups is 1. The van der Waals surface area contributed by atoms with Gasteiger partial charge in [-0.15, -0.1) is 0 Å². The Bertz CT molecular complexity index is 1750. The zero-order chi connectivity index (χ0) is 26.9. The van der Waals surface area contributed by atoms with E-state index >= 15 is 0 Å². The second kappa shape index (κ2) is 8.63. The Labute approximate surface area is 221 Å². The summed E-state index contributed by atoms with van der Waals surface area (Å²) in [6, 6.07) is 9.16. The summed E-state index contributed by atoms with van der Waals surface area (Å²) >= 11 is 6.17. The molecule has 5 aromatic rings. The SMILES string of the molecule is COc1ncc(-c2nc3c(n2C(C)C)C(c2ccc(Cl)cc2)N(c2cc(F)c4c(=O)c4c2)C3=O)c(OC)n1. The number of hydrogen-bond acceptors (Lipinski definition) is 7. The number of fused-ring (bicyclic) bond motifs is 2. The predicted octanol–water partition coefficient (Wildman–Crippen LogP) is 4.87. The van der Waals surface area contributed by atoms with Gasteiger partial charge in [0.2, 0.25) is 5.88 Å². The van der Waals surface area contributed by atoms with Gasteiger partial charge >= 0.3 is 6.01 Å². The first-order valence-corrected chi connectivity index (χ1v) is 12.2. The molecule has 38 heavy (non-hydrogen) atoms. The number of halogens is 2. The molecule has 0 spiro atoms. The van der Waals surface area contributed by atoms with E-state index in [1.54, 1.807) is 18.2 Å². The van der Waals surface area contributed by atoms with Gasteiger partial charge in [0.25, 0.3) is 5.91 Å². The lowest BCUT2D eigenvalue weighted by molar-refractivity contribution is 0.0989. The van der Waals surface area contributed by atoms with E-state index < -0.39 is 17.8 Å². The van der Waals surface area contributed by atoms with Gasteiger partial charge in [0.1, 0.15) is 17.7 Å². The molecule has 2 aromatic heterocycles. The summed E-state index contributed by atoms with van der Waals surface area (Å²) in [4.78, 5) is 40.7. The van der Waals surface area contributed by atoms with Crippen molar-refractivity contribution < 1.29 is 18.7 Å². The maximum Gasteiger partial charge on any atom is 0.319 e. The fourth-order valence-electron chi connectivity index (χ4n) is 5.00. The highest BCUT2D eigenvalue weighted by atomic mass is 35.5. The highest BCUT2D eigenvalue weighted by Gasteiger charge is 2.45. The number of aromatic nitrogens is 4. The third kappa shape index (κ3) is 3.47. The minimum absolute atomic E-state index is 0.0691. The van der Waals surface area contributed by atoms with Crippen LogP contribution in [0.2, 0.25) is 5.02 Å². The number of ether oxygens (including phenoxy) is 2. The molecule has 3 aromatic carbocycles. The van der Waals surface area contributed by atoms with Gasteiger partial charge in [-0.2, -0.15) is 4.98 Å². The minimum atomic E-state index is -0.671. The summed E-state index contributed by atoms with van der Waals surface area (Å²) in [5.41, 5.74) is 1.95. The van der Waals surface area contributed by atoms with Crippen LogP contribution in [0.4, 0.5) is 10.1 Å². The zero-order valence-corrected chi connectivity index (χ0v) is 21.6. The minimum Gasteiger partial charge on any atom is -0.480 e. The first-order chi connectivity index (χ1) is 18.2. The van der Waals surface area contributed by atoms with Crippen LogP contribution in [-0.4, -0.2) is 39.6 Å². The standard InChI is InChI=1S/C27H21ClFN5O4/c1-12(2)33-22-20(31-24(33)17-11-30-27(38-4)32-25(17)37-3)26(36)34(21(22)13-5-7-14(28)8-6-13)15-9-16-19(23(16)35)18(29)10-15/h5-12,21H,1-4H3. The van der Waals surface area contributed by atoms with Crippen LogP contribution in [0.25, 0.3) is 22.2 Å². The maximum absolute atomic E-state index is 14.7. The molecule has 1 aliphatic heterocycles. The molecule has 1 unspecified atom stereocenters. The molecule has 0 radical (unpaired) electrons. The Hall–Kier alpha value is -4.31. The van der Waals surface area contributed by atoms with Crippen LogP contribution in [0.15, 0.2) is 47.4 Å². The van der Waals surface area contributed by atoms with E-state index in [0.29, 0.717) is 22.1 Å². The molecule has 192 valence electrons. The van der Waals surface area contributed by atoms with E-state index in [2.05, 4.69) is 9.97 Å². The van der Waals surface area contributed by atoms with Gasteiger partial charge in [-0.3, -0.25) is 14.5 Å². The number of methoxy groups -OCH3 is 2. The van der Waals surface area contributed by atoms with E-state index in [9.17, 15) is 14.0 Å². The summed E-state index contributed by atoms with van der Waals surface area (Å²) in [5, 5.41) is 0.878. The number of imidazole rings is 1. The molecule has 0 saturated carbocycles. The molecular weight excluding hydrogens is 513 g/mol. The predicted molar refractivity (Wildman–Crippen MR) is 139 cm³/mol. The quantitative estimate of drug-likeness (QED) is 0.307. The molecule has 3 heterocycles. The summed E-state index contributed by atoms with van der Waals surface area (Å²) < 4.78 is 27.3. The van der Waals surface area contributed by atoms with Crippen LogP contribution >= 0.6 is 11.6 Å². The van der Waals surface area contributed by atoms with E-state index in [0.717, 1.165) is 5.56 Å². The number of rotatable bonds is 6. The van der Waals surface area contributed by atoms with E-state index in [1.165, 1.54) is 31.4 Å². The van der Waals surface area contributed by atoms with Crippen LogP contribution in [0, 0.1) is 5.82 Å². The van der Waals surface area contributed by atoms with E-state index in [1.807, 2.05) is 30.5 Å². The largest absolute Gasteiger partial charge is 0.480 e. The number of hydrogen-bond donors (Lipinski definition) is 0. The van der Waals surface area contributed by atoms with Crippen LogP contribution in [-0.2, 0) is 0 Å². The number of nitrogens with zero attached hydrogens (tertiary/aromatic N) is 5. The lowest BCUT2D eigenvalue weighted by atomic mass is 10.0. The molecule has 1 atom stereocenters. The average molecular weight is 534 g/mol. The van der Waals surface area contributed by atoms with Gasteiger partial charge < -0.3 is 14.0 Å². The third-order valence-corrected chi connectivity index (χ3v) is 6.95. The molecule has 0 saturated heterocycles. The van der Waals surface area contributed by atoms with Crippen LogP contribution < -0.4 is 19.8 Å². The van der Waals surface area contributed by atoms with Crippen molar-refractivity contribution in [1.29, 1.82) is 0 Å². The molecule has 9 nitrogen and oxygen atoms in total. The molecule has 1 amide bonds. The Morgan fingerprint density at radius 3 is 2.42 bits per heavy atom. The molecule has 0 fully saturated rings. The Balaban J connectivity index is 1.60. The van der Waals surface area contributed by atoms with Gasteiger partial charge in [0.15, 0.2) is 11.1 Å². The van der Waals surface area contributed by atoms with Gasteiger partial charge in [0, 0.05) is 28.3 Å². The monoisotopic (exact) mass is 533 g/mol. The van der Waals surface area contributed by atoms with Crippen molar-refractivity contribution in [3.8, 4) is 23.3 Å². The second-order valence-electron chi connectivity index (χ2n) is 9.22. The van der Waals surface area contributed by atoms with Crippen molar-refractivity contribution in [3.05, 3.63) is 80.6 Å². The van der Waals surface area contributed by atoms with Crippen LogP contribution in [0.5, 0.6) is 11.9 Å². The highest BCUT2D eigenvalue weighted by molar-refractivity contribution is 6.30. The Morgan fingerprint density at radius 2 is 1.79 bits per heavy atom. The van der Waals surface area contributed by atoms with Crippen molar-refractivity contribution in [1.82, 2.24) is 19.5 Å². The third-order valence-electron chi connectivity index (χ3n) is 6.70. The van der Waals surface area contributed by atoms with Gasteiger partial charge in [0.05, 0.1) is 30.9 Å². The van der Waals surface area contributed by atoms with Crippen molar-refractivity contribution >= 4 is 34.0 Å². The van der Waals surface area contributed by atoms with Crippen molar-refractivity contribution in [2.75, 3.05) is 19.1 Å². The van der Waals surface area contributed by atoms with Crippen molar-refractivity contribution in [3.63, 3.8) is 0 Å². The maximum atomic E-state index is 14.7. The smallest absolute Gasteiger partial charge is 0.319 e. The fraction of sp³-hybridized carbons (Fsp3) is 0.222. The first kappa shape index (κ1) is 24.1. The number of carbonyl (C=O) groups excluding carboxylic acids is 1. The molecule has 0 aliphatic carbocycles. The number of amides is 1. The molecular formula is C27H21ClFN5O4. The first-order valence-electron chi connectivity index (χ1n) is 11.8. The molecule has 0 bridgehead atoms. The second-order valence-corrected chi connectivity index (χ2v) is 9.66. The topological polar surface area (TPSA) is 99.4 Å². The van der Waals surface area contributed by atoms with Crippen LogP contribution in [0.1, 0.15) is 47.7 Å². The molecule has 0 N–H and O–H groups in total. The van der Waals surface area contributed by atoms with Gasteiger partial charge in [-0.25, -0.2) is 14.4 Å². The number of anilines is 1. The summed E-state index contributed by atoms with van der Waals surface area (Å²) in [6.07, 6.45) is 1.54. The van der Waals surface area contributed by atoms with Gasteiger partial charge in [-0.05, 0) is 43.7 Å². The zero-order valence-electron chi connectivity index (χ0n) is 20.8. The number of benzene rings is 2. The van der Waals surface area contributed by atoms with E-state index in [4.69, 9.17) is 26.1 Å². The molecule has 1 aliphatic rings. The normalized spacial score (nSPS) is 15.2. The summed E-state index contributed by atoms with van der Waals surface area (Å²) in [7, 11) is 2.93. The lowest BCUT2D eigenvalue weighted by Crippen LogP contribution is -2.30. The Morgan fingerprint density at radius 1 is 1.05 bits per heavy atom. The lowest BCUT2D eigenvalue weighted by Gasteiger charge is -2.28. The van der Waals surface area contributed by atoms with Gasteiger partial charge in [-0.1, -0.05) is 23.7 Å². The molecule has 6 rings (SSSR count). The summed E-state index contributed by atoms with van der Waals surface area (Å²) in [5.74, 6) is -0.400. The van der Waals surface area contributed by atoms with E-state index in [-0.39, 0.29) is 45.5 Å². The fourth-order valence-corrected chi connectivity index (χ4v) is 5.12. The highest BCUT2D eigenvalue weighted by Crippen LogP contribution is 2.46. The van der Waals surface area contributed by atoms with Crippen molar-refractivity contribution in [2.45, 2.75) is 25.9 Å². The Kier molecular flexibility index (Phi) is 5.46. The average Bonchev–Trinajstić information content (AvgIpc) is 3.27. The van der Waals surface area contributed by atoms with Crippen molar-refractivity contribution in [2.24, 2.45) is 0 Å². The van der Waals surface area contributed by atoms with Crippen LogP contribution in [0.3, 0.4) is 0 Å². The summed E-state index contributed by atoms with van der Waals surface area (Å²) in [6.45, 7) is 3.93. The molecule has 11 heteroatoms.